The lowest BCUT2D eigenvalue weighted by molar-refractivity contribution is 0.285. The number of hydrogen-bond donors (Lipinski definition) is 2. The molecule has 0 radical (unpaired) electrons. The van der Waals surface area contributed by atoms with Crippen LogP contribution in [0.25, 0.3) is 0 Å². The van der Waals surface area contributed by atoms with E-state index in [9.17, 15) is 8.78 Å². The van der Waals surface area contributed by atoms with Crippen molar-refractivity contribution < 1.29 is 13.5 Å². The first-order chi connectivity index (χ1) is 13.5. The van der Waals surface area contributed by atoms with Crippen molar-refractivity contribution in [2.24, 2.45) is 0 Å². The molecule has 1 saturated heterocycles. The first kappa shape index (κ1) is 19.9. The van der Waals surface area contributed by atoms with Crippen LogP contribution in [0.3, 0.4) is 0 Å². The van der Waals surface area contributed by atoms with Gasteiger partial charge in [0.25, 0.3) is 5.17 Å². The number of hydrogen-bond acceptors (Lipinski definition) is 7. The zero-order valence-corrected chi connectivity index (χ0v) is 16.0. The predicted molar refractivity (Wildman–Crippen MR) is 102 cm³/mol. The maximum atomic E-state index is 14.9. The summed E-state index contributed by atoms with van der Waals surface area (Å²) in [6, 6.07) is 3.87. The van der Waals surface area contributed by atoms with Crippen LogP contribution in [0.5, 0.6) is 0 Å². The van der Waals surface area contributed by atoms with Crippen molar-refractivity contribution in [3.05, 3.63) is 41.2 Å². The molecule has 2 heterocycles. The van der Waals surface area contributed by atoms with E-state index in [1.165, 1.54) is 25.4 Å². The lowest BCUT2D eigenvalue weighted by Gasteiger charge is -2.35. The number of aromatic nitrogens is 3. The number of H-pyrrole nitrogens is 1. The van der Waals surface area contributed by atoms with E-state index in [1.807, 2.05) is 4.90 Å². The number of rotatable bonds is 5. The van der Waals surface area contributed by atoms with Gasteiger partial charge < -0.3 is 15.0 Å². The topological polar surface area (TPSA) is 93.1 Å². The minimum absolute atomic E-state index is 0.0616. The van der Waals surface area contributed by atoms with Gasteiger partial charge in [-0.05, 0) is 29.9 Å². The van der Waals surface area contributed by atoms with E-state index in [2.05, 4.69) is 26.8 Å². The molecule has 2 aromatic rings. The minimum Gasteiger partial charge on any atom is -0.474 e. The monoisotopic (exact) mass is 407 g/mol. The minimum atomic E-state index is -0.725. The van der Waals surface area contributed by atoms with Gasteiger partial charge in [0, 0.05) is 26.2 Å². The molecule has 11 heteroatoms. The van der Waals surface area contributed by atoms with Gasteiger partial charge in [0.05, 0.1) is 25.9 Å². The van der Waals surface area contributed by atoms with Crippen LogP contribution in [0.2, 0.25) is 0 Å². The van der Waals surface area contributed by atoms with Crippen LogP contribution < -0.4 is 10.2 Å². The third kappa shape index (κ3) is 4.35. The first-order valence-corrected chi connectivity index (χ1v) is 8.97. The highest BCUT2D eigenvalue weighted by Crippen LogP contribution is 2.30. The van der Waals surface area contributed by atoms with E-state index in [0.717, 1.165) is 0 Å². The fourth-order valence-corrected chi connectivity index (χ4v) is 3.26. The number of aromatic amines is 1. The molecule has 28 heavy (non-hydrogen) atoms. The van der Waals surface area contributed by atoms with Crippen LogP contribution in [-0.4, -0.2) is 65.3 Å². The molecule has 2 N–H and O–H groups in total. The SMILES string of the molecule is COC(=S)NC(c1cc(F)c(N2CCN(CC#N)CC2)c(F)c1)c1cn[nH]n1. The predicted octanol–water partition coefficient (Wildman–Crippen LogP) is 1.34. The van der Waals surface area contributed by atoms with Crippen LogP contribution in [0, 0.1) is 23.0 Å². The molecule has 0 bridgehead atoms. The smallest absolute Gasteiger partial charge is 0.257 e. The molecular formula is C17H19F2N7OS. The van der Waals surface area contributed by atoms with Gasteiger partial charge in [-0.2, -0.15) is 20.7 Å². The molecule has 1 atom stereocenters. The highest BCUT2D eigenvalue weighted by atomic mass is 32.1. The fraction of sp³-hybridized carbons (Fsp3) is 0.412. The van der Waals surface area contributed by atoms with Crippen molar-refractivity contribution in [3.63, 3.8) is 0 Å². The summed E-state index contributed by atoms with van der Waals surface area (Å²) in [7, 11) is 1.39. The number of nitrogens with one attached hydrogen (secondary N) is 2. The van der Waals surface area contributed by atoms with Crippen molar-refractivity contribution >= 4 is 23.1 Å². The molecule has 3 rings (SSSR count). The molecule has 1 aliphatic heterocycles. The van der Waals surface area contributed by atoms with E-state index in [0.29, 0.717) is 44.0 Å². The average Bonchev–Trinajstić information content (AvgIpc) is 3.21. The van der Waals surface area contributed by atoms with Crippen molar-refractivity contribution in [2.45, 2.75) is 6.04 Å². The molecule has 1 aliphatic rings. The summed E-state index contributed by atoms with van der Waals surface area (Å²) in [6.45, 7) is 2.32. The molecular weight excluding hydrogens is 388 g/mol. The number of methoxy groups -OCH3 is 1. The van der Waals surface area contributed by atoms with Gasteiger partial charge in [0.2, 0.25) is 0 Å². The second kappa shape index (κ2) is 8.90. The number of ether oxygens (including phenoxy) is 1. The second-order valence-corrected chi connectivity index (χ2v) is 6.59. The third-order valence-electron chi connectivity index (χ3n) is 4.53. The highest BCUT2D eigenvalue weighted by molar-refractivity contribution is 7.80. The lowest BCUT2D eigenvalue weighted by Crippen LogP contribution is -2.47. The summed E-state index contributed by atoms with van der Waals surface area (Å²) in [5.41, 5.74) is 0.639. The van der Waals surface area contributed by atoms with Crippen LogP contribution >= 0.6 is 12.2 Å². The Bertz CT molecular complexity index is 840. The highest BCUT2D eigenvalue weighted by Gasteiger charge is 2.26. The molecule has 0 aliphatic carbocycles. The quantitative estimate of drug-likeness (QED) is 0.567. The Morgan fingerprint density at radius 2 is 2.04 bits per heavy atom. The normalized spacial score (nSPS) is 15.7. The average molecular weight is 407 g/mol. The van der Waals surface area contributed by atoms with Crippen molar-refractivity contribution in [3.8, 4) is 6.07 Å². The van der Waals surface area contributed by atoms with Gasteiger partial charge in [-0.3, -0.25) is 4.90 Å². The fourth-order valence-electron chi connectivity index (χ4n) is 3.14. The standard InChI is InChI=1S/C17H19F2N7OS/c1-27-17(28)22-15(14-10-21-24-23-14)11-8-12(18)16(13(19)9-11)26-6-4-25(3-2-20)5-7-26/h8-10,15H,3-7H2,1H3,(H,22,28)(H,21,23,24). The van der Waals surface area contributed by atoms with E-state index < -0.39 is 17.7 Å². The molecule has 8 nitrogen and oxygen atoms in total. The van der Waals surface area contributed by atoms with E-state index in [4.69, 9.17) is 22.2 Å². The van der Waals surface area contributed by atoms with E-state index in [1.54, 1.807) is 4.90 Å². The number of benzene rings is 1. The molecule has 0 amide bonds. The summed E-state index contributed by atoms with van der Waals surface area (Å²) >= 11 is 5.02. The Morgan fingerprint density at radius 3 is 2.57 bits per heavy atom. The summed E-state index contributed by atoms with van der Waals surface area (Å²) in [4.78, 5) is 3.59. The summed E-state index contributed by atoms with van der Waals surface area (Å²) in [5, 5.41) is 21.9. The van der Waals surface area contributed by atoms with Crippen LogP contribution in [0.15, 0.2) is 18.3 Å². The Kier molecular flexibility index (Phi) is 6.33. The number of nitrogens with zero attached hydrogens (tertiary/aromatic N) is 5. The van der Waals surface area contributed by atoms with Gasteiger partial charge >= 0.3 is 0 Å². The zero-order chi connectivity index (χ0) is 20.1. The van der Waals surface area contributed by atoms with Gasteiger partial charge in [0.1, 0.15) is 29.1 Å². The molecule has 0 saturated carbocycles. The van der Waals surface area contributed by atoms with Crippen LogP contribution in [0.4, 0.5) is 14.5 Å². The number of halogens is 2. The maximum Gasteiger partial charge on any atom is 0.257 e. The Morgan fingerprint density at radius 1 is 1.36 bits per heavy atom. The van der Waals surface area contributed by atoms with E-state index >= 15 is 0 Å². The first-order valence-electron chi connectivity index (χ1n) is 8.56. The summed E-state index contributed by atoms with van der Waals surface area (Å²) in [5.74, 6) is -1.36. The molecule has 148 valence electrons. The van der Waals surface area contributed by atoms with Gasteiger partial charge in [-0.25, -0.2) is 8.78 Å². The largest absolute Gasteiger partial charge is 0.474 e. The number of anilines is 1. The third-order valence-corrected chi connectivity index (χ3v) is 4.82. The van der Waals surface area contributed by atoms with Crippen molar-refractivity contribution in [2.75, 3.05) is 44.7 Å². The van der Waals surface area contributed by atoms with Crippen LogP contribution in [0.1, 0.15) is 17.3 Å². The molecule has 1 aromatic carbocycles. The summed E-state index contributed by atoms with van der Waals surface area (Å²) in [6.07, 6.45) is 1.44. The molecule has 0 spiro atoms. The van der Waals surface area contributed by atoms with Gasteiger partial charge in [-0.1, -0.05) is 0 Å². The maximum absolute atomic E-state index is 14.9. The zero-order valence-electron chi connectivity index (χ0n) is 15.2. The van der Waals surface area contributed by atoms with Gasteiger partial charge in [0.15, 0.2) is 0 Å². The van der Waals surface area contributed by atoms with E-state index in [-0.39, 0.29) is 10.9 Å². The summed E-state index contributed by atoms with van der Waals surface area (Å²) < 4.78 is 34.7. The Balaban J connectivity index is 1.86. The van der Waals surface area contributed by atoms with Crippen molar-refractivity contribution in [1.82, 2.24) is 25.6 Å². The lowest BCUT2D eigenvalue weighted by atomic mass is 10.0. The number of nitriles is 1. The molecule has 1 unspecified atom stereocenters. The Labute approximate surface area is 166 Å². The number of piperazine rings is 1. The second-order valence-electron chi connectivity index (χ2n) is 6.22. The number of thiocarbonyl (C=S) groups is 1. The Hall–Kier alpha value is -2.84. The molecule has 1 fully saturated rings. The molecule has 1 aromatic heterocycles. The van der Waals surface area contributed by atoms with Gasteiger partial charge in [-0.15, -0.1) is 0 Å². The van der Waals surface area contributed by atoms with Crippen LogP contribution in [-0.2, 0) is 4.74 Å². The van der Waals surface area contributed by atoms with Crippen molar-refractivity contribution in [1.29, 1.82) is 5.26 Å².